The van der Waals surface area contributed by atoms with Crippen LogP contribution in [-0.2, 0) is 9.53 Å². The predicted octanol–water partition coefficient (Wildman–Crippen LogP) is 4.95. The first kappa shape index (κ1) is 23.9. The van der Waals surface area contributed by atoms with Crippen LogP contribution in [0, 0.1) is 0 Å². The fraction of sp³-hybridized carbons (Fsp3) is 0.414. The smallest absolute Gasteiger partial charge is 0.248 e. The molecule has 2 heterocycles. The third kappa shape index (κ3) is 6.64. The average Bonchev–Trinajstić information content (AvgIpc) is 3.46. The second-order valence-electron chi connectivity index (χ2n) is 9.53. The molecule has 2 atom stereocenters. The van der Waals surface area contributed by atoms with E-state index in [-0.39, 0.29) is 18.1 Å². The monoisotopic (exact) mass is 502 g/mol. The molecule has 0 spiro atoms. The highest BCUT2D eigenvalue weighted by Crippen LogP contribution is 2.36. The number of hydrogen-bond donors (Lipinski definition) is 2. The number of anilines is 2. The normalized spacial score (nSPS) is 19.0. The Labute approximate surface area is 219 Å². The molecule has 0 radical (unpaired) electrons. The molecule has 1 saturated carbocycles. The summed E-state index contributed by atoms with van der Waals surface area (Å²) >= 11 is 0. The molecular formula is C29H35N5O3. The van der Waals surface area contributed by atoms with Crippen LogP contribution in [0.2, 0.25) is 0 Å². The van der Waals surface area contributed by atoms with Crippen molar-refractivity contribution in [3.63, 3.8) is 0 Å². The molecule has 8 nitrogen and oxygen atoms in total. The zero-order chi connectivity index (χ0) is 26.3. The number of fused-ring (bicyclic) bond motifs is 1. The van der Waals surface area contributed by atoms with Crippen molar-refractivity contribution in [3.05, 3.63) is 66.5 Å². The molecule has 1 aromatic heterocycles. The van der Waals surface area contributed by atoms with Gasteiger partial charge in [-0.25, -0.2) is 9.97 Å². The van der Waals surface area contributed by atoms with Gasteiger partial charge in [-0.3, -0.25) is 9.69 Å². The number of hydrogen-bond acceptors (Lipinski definition) is 7. The molecule has 2 aromatic carbocycles. The molecule has 2 fully saturated rings. The van der Waals surface area contributed by atoms with Gasteiger partial charge in [-0.1, -0.05) is 36.4 Å². The van der Waals surface area contributed by atoms with E-state index in [2.05, 4.69) is 39.7 Å². The number of amides is 1. The van der Waals surface area contributed by atoms with Crippen LogP contribution in [0.15, 0.2) is 60.9 Å². The van der Waals surface area contributed by atoms with Crippen molar-refractivity contribution in [1.82, 2.24) is 14.9 Å². The zero-order valence-corrected chi connectivity index (χ0v) is 21.2. The second-order valence-corrected chi connectivity index (χ2v) is 9.53. The largest absolute Gasteiger partial charge is 0.488 e. The average molecular weight is 503 g/mol. The number of nitrogens with one attached hydrogen (secondary N) is 2. The van der Waals surface area contributed by atoms with Crippen molar-refractivity contribution in [1.29, 1.82) is 0 Å². The Morgan fingerprint density at radius 2 is 2.00 bits per heavy atom. The molecule has 1 unspecified atom stereocenters. The minimum Gasteiger partial charge on any atom is -0.488 e. The SMILES string of the molecule is [2H]C(C=CC(=O)Nc1cc2c(N[C@H](C)c3ccccc3)ncnc2cc1OC1CCCC1)N1CCOCC1. The quantitative estimate of drug-likeness (QED) is 0.400. The van der Waals surface area contributed by atoms with Gasteiger partial charge in [0.2, 0.25) is 5.91 Å². The molecule has 1 aliphatic carbocycles. The number of carbonyl (C=O) groups is 1. The summed E-state index contributed by atoms with van der Waals surface area (Å²) in [6.07, 6.45) is 8.97. The fourth-order valence-electron chi connectivity index (χ4n) is 4.76. The lowest BCUT2D eigenvalue weighted by molar-refractivity contribution is -0.111. The highest BCUT2D eigenvalue weighted by atomic mass is 16.5. The van der Waals surface area contributed by atoms with Crippen LogP contribution in [-0.4, -0.2) is 59.7 Å². The van der Waals surface area contributed by atoms with Crippen molar-refractivity contribution in [3.8, 4) is 5.75 Å². The first-order chi connectivity index (χ1) is 18.6. The van der Waals surface area contributed by atoms with Crippen LogP contribution in [0.1, 0.15) is 45.6 Å². The molecule has 5 rings (SSSR count). The molecule has 194 valence electrons. The molecule has 1 saturated heterocycles. The van der Waals surface area contributed by atoms with Gasteiger partial charge in [0.15, 0.2) is 0 Å². The number of nitrogens with zero attached hydrogens (tertiary/aromatic N) is 3. The molecule has 0 bridgehead atoms. The van der Waals surface area contributed by atoms with E-state index in [1.807, 2.05) is 35.2 Å². The molecule has 3 aromatic rings. The molecule has 37 heavy (non-hydrogen) atoms. The highest BCUT2D eigenvalue weighted by molar-refractivity contribution is 6.03. The van der Waals surface area contributed by atoms with Gasteiger partial charge in [-0.05, 0) is 44.2 Å². The Morgan fingerprint density at radius 1 is 1.22 bits per heavy atom. The number of carbonyl (C=O) groups excluding carboxylic acids is 1. The Balaban J connectivity index is 1.40. The maximum Gasteiger partial charge on any atom is 0.248 e. The van der Waals surface area contributed by atoms with Gasteiger partial charge >= 0.3 is 0 Å². The Hall–Kier alpha value is -3.49. The summed E-state index contributed by atoms with van der Waals surface area (Å²) in [5, 5.41) is 7.27. The van der Waals surface area contributed by atoms with Crippen LogP contribution < -0.4 is 15.4 Å². The van der Waals surface area contributed by atoms with Gasteiger partial charge in [0.1, 0.15) is 17.9 Å². The standard InChI is InChI=1S/C29H35N5O3/c1-21(22-8-3-2-4-9-22)32-29-24-18-26(33-28(35)12-7-13-34-14-16-36-17-15-34)27(19-25(24)30-20-31-29)37-23-10-5-6-11-23/h2-4,7-9,12,18-21,23H,5-6,10-11,13-17H2,1H3,(H,33,35)(H,30,31,32)/t21-/m1/s1/i13D/t13?,21-. The van der Waals surface area contributed by atoms with E-state index in [0.717, 1.165) is 42.1 Å². The number of benzene rings is 2. The lowest BCUT2D eigenvalue weighted by Gasteiger charge is -2.25. The summed E-state index contributed by atoms with van der Waals surface area (Å²) in [6.45, 7) is 4.06. The summed E-state index contributed by atoms with van der Waals surface area (Å²) in [4.78, 5) is 23.9. The maximum atomic E-state index is 12.9. The van der Waals surface area contributed by atoms with Crippen molar-refractivity contribution in [2.75, 3.05) is 43.5 Å². The van der Waals surface area contributed by atoms with Crippen LogP contribution in [0.5, 0.6) is 5.75 Å². The first-order valence-electron chi connectivity index (χ1n) is 13.6. The third-order valence-electron chi connectivity index (χ3n) is 6.83. The molecule has 1 aliphatic heterocycles. The number of aromatic nitrogens is 2. The Bertz CT molecular complexity index is 1260. The first-order valence-corrected chi connectivity index (χ1v) is 13.1. The van der Waals surface area contributed by atoms with Crippen molar-refractivity contribution >= 4 is 28.3 Å². The minimum atomic E-state index is -0.598. The van der Waals surface area contributed by atoms with Gasteiger partial charge in [0.05, 0.1) is 30.5 Å². The van der Waals surface area contributed by atoms with Gasteiger partial charge < -0.3 is 20.1 Å². The lowest BCUT2D eigenvalue weighted by atomic mass is 10.1. The van der Waals surface area contributed by atoms with Crippen LogP contribution in [0.3, 0.4) is 0 Å². The van der Waals surface area contributed by atoms with E-state index in [9.17, 15) is 4.79 Å². The van der Waals surface area contributed by atoms with Gasteiger partial charge in [-0.2, -0.15) is 0 Å². The lowest BCUT2D eigenvalue weighted by Crippen LogP contribution is -2.36. The van der Waals surface area contributed by atoms with E-state index >= 15 is 0 Å². The molecule has 1 amide bonds. The summed E-state index contributed by atoms with van der Waals surface area (Å²) in [5.41, 5.74) is 2.45. The number of rotatable bonds is 9. The zero-order valence-electron chi connectivity index (χ0n) is 22.2. The molecule has 2 N–H and O–H groups in total. The molecule has 2 aliphatic rings. The Morgan fingerprint density at radius 3 is 2.78 bits per heavy atom. The highest BCUT2D eigenvalue weighted by Gasteiger charge is 2.20. The van der Waals surface area contributed by atoms with Crippen LogP contribution in [0.25, 0.3) is 10.9 Å². The summed E-state index contributed by atoms with van der Waals surface area (Å²) in [7, 11) is 0. The van der Waals surface area contributed by atoms with Crippen molar-refractivity contribution in [2.45, 2.75) is 44.8 Å². The Kier molecular flexibility index (Phi) is 7.85. The van der Waals surface area contributed by atoms with E-state index in [0.29, 0.717) is 43.6 Å². The third-order valence-corrected chi connectivity index (χ3v) is 6.83. The topological polar surface area (TPSA) is 88.6 Å². The van der Waals surface area contributed by atoms with Gasteiger partial charge in [-0.15, -0.1) is 0 Å². The van der Waals surface area contributed by atoms with Crippen LogP contribution in [0.4, 0.5) is 11.5 Å². The van der Waals surface area contributed by atoms with E-state index in [4.69, 9.17) is 10.8 Å². The number of morpholine rings is 1. The predicted molar refractivity (Wildman–Crippen MR) is 146 cm³/mol. The van der Waals surface area contributed by atoms with Crippen LogP contribution >= 0.6 is 0 Å². The van der Waals surface area contributed by atoms with Crippen molar-refractivity contribution in [2.24, 2.45) is 0 Å². The van der Waals surface area contributed by atoms with Crippen molar-refractivity contribution < 1.29 is 15.6 Å². The van der Waals surface area contributed by atoms with Gasteiger partial charge in [0.25, 0.3) is 0 Å². The fourth-order valence-corrected chi connectivity index (χ4v) is 4.76. The summed E-state index contributed by atoms with van der Waals surface area (Å²) in [6, 6.07) is 14.0. The maximum absolute atomic E-state index is 12.9. The molecule has 8 heteroatoms. The minimum absolute atomic E-state index is 0.0267. The second kappa shape index (κ2) is 12.2. The number of ether oxygens (including phenoxy) is 2. The summed E-state index contributed by atoms with van der Waals surface area (Å²) < 4.78 is 20.1. The van der Waals surface area contributed by atoms with Gasteiger partial charge in [0, 0.05) is 44.6 Å². The molecular weight excluding hydrogens is 466 g/mol. The van der Waals surface area contributed by atoms with E-state index in [1.165, 1.54) is 6.08 Å². The van der Waals surface area contributed by atoms with E-state index in [1.54, 1.807) is 12.4 Å². The summed E-state index contributed by atoms with van der Waals surface area (Å²) in [5.74, 6) is 0.973. The van der Waals surface area contributed by atoms with E-state index < -0.39 is 6.52 Å².